The average Bonchev–Trinajstić information content (AvgIpc) is 3.12. The minimum Gasteiger partial charge on any atom is -0.384 e. The third-order valence-corrected chi connectivity index (χ3v) is 5.79. The van der Waals surface area contributed by atoms with Gasteiger partial charge < -0.3 is 10.0 Å². The van der Waals surface area contributed by atoms with E-state index < -0.39 is 0 Å². The number of hydrogen-bond acceptors (Lipinski definition) is 3. The monoisotopic (exact) mass is 289 g/mol. The van der Waals surface area contributed by atoms with E-state index in [4.69, 9.17) is 5.11 Å². The number of rotatable bonds is 4. The Bertz CT molecular complexity index is 513. The van der Waals surface area contributed by atoms with E-state index in [0.29, 0.717) is 0 Å². The highest BCUT2D eigenvalue weighted by atomic mass is 32.1. The second kappa shape index (κ2) is 6.30. The quantitative estimate of drug-likeness (QED) is 0.862. The summed E-state index contributed by atoms with van der Waals surface area (Å²) in [7, 11) is 2.24. The molecule has 0 saturated heterocycles. The molecule has 2 bridgehead atoms. The van der Waals surface area contributed by atoms with Gasteiger partial charge in [-0.25, -0.2) is 0 Å². The molecular weight excluding hydrogens is 266 g/mol. The fraction of sp³-hybridized carbons (Fsp3) is 0.647. The molecule has 2 fully saturated rings. The van der Waals surface area contributed by atoms with E-state index in [0.717, 1.165) is 29.2 Å². The summed E-state index contributed by atoms with van der Waals surface area (Å²) in [4.78, 5) is 4.90. The Labute approximate surface area is 125 Å². The molecule has 0 aromatic carbocycles. The molecule has 20 heavy (non-hydrogen) atoms. The van der Waals surface area contributed by atoms with Crippen LogP contribution in [0.25, 0.3) is 0 Å². The van der Waals surface area contributed by atoms with Gasteiger partial charge in [-0.05, 0) is 56.2 Å². The Hall–Kier alpha value is -0.820. The molecule has 1 aromatic rings. The molecule has 2 aliphatic rings. The van der Waals surface area contributed by atoms with Crippen LogP contribution in [0.3, 0.4) is 0 Å². The van der Waals surface area contributed by atoms with Crippen molar-refractivity contribution in [1.29, 1.82) is 0 Å². The van der Waals surface area contributed by atoms with Crippen molar-refractivity contribution < 1.29 is 5.11 Å². The zero-order valence-electron chi connectivity index (χ0n) is 12.1. The molecule has 3 rings (SSSR count). The van der Waals surface area contributed by atoms with Crippen molar-refractivity contribution in [3.63, 3.8) is 0 Å². The van der Waals surface area contributed by atoms with Crippen molar-refractivity contribution in [3.8, 4) is 11.8 Å². The van der Waals surface area contributed by atoms with Crippen LogP contribution < -0.4 is 0 Å². The highest BCUT2D eigenvalue weighted by Gasteiger charge is 2.39. The number of nitrogens with zero attached hydrogens (tertiary/aromatic N) is 1. The summed E-state index contributed by atoms with van der Waals surface area (Å²) in [5.74, 6) is 8.68. The molecule has 0 amide bonds. The SMILES string of the molecule is CN(Cc1ccc(C#CCO)s1)CC1CC2CCC1C2. The molecule has 0 radical (unpaired) electrons. The molecule has 2 nitrogen and oxygen atoms in total. The number of thiophene rings is 1. The van der Waals surface area contributed by atoms with Gasteiger partial charge >= 0.3 is 0 Å². The minimum absolute atomic E-state index is 0.0582. The predicted molar refractivity (Wildman–Crippen MR) is 83.6 cm³/mol. The van der Waals surface area contributed by atoms with Gasteiger partial charge in [-0.15, -0.1) is 11.3 Å². The van der Waals surface area contributed by atoms with Crippen LogP contribution in [0.4, 0.5) is 0 Å². The van der Waals surface area contributed by atoms with Gasteiger partial charge in [0.2, 0.25) is 0 Å². The molecule has 3 atom stereocenters. The van der Waals surface area contributed by atoms with Crippen molar-refractivity contribution in [1.82, 2.24) is 4.90 Å². The number of aliphatic hydroxyl groups is 1. The number of fused-ring (bicyclic) bond motifs is 2. The van der Waals surface area contributed by atoms with Crippen LogP contribution in [0.5, 0.6) is 0 Å². The molecule has 1 aromatic heterocycles. The lowest BCUT2D eigenvalue weighted by Gasteiger charge is -2.26. The Morgan fingerprint density at radius 3 is 2.95 bits per heavy atom. The number of aliphatic hydroxyl groups excluding tert-OH is 1. The first-order valence-electron chi connectivity index (χ1n) is 7.61. The maximum atomic E-state index is 8.71. The first kappa shape index (κ1) is 14.1. The zero-order valence-corrected chi connectivity index (χ0v) is 13.0. The Balaban J connectivity index is 1.51. The predicted octanol–water partition coefficient (Wildman–Crippen LogP) is 2.96. The lowest BCUT2D eigenvalue weighted by atomic mass is 9.88. The molecular formula is C17H23NOS. The van der Waals surface area contributed by atoms with E-state index in [9.17, 15) is 0 Å². The van der Waals surface area contributed by atoms with E-state index >= 15 is 0 Å². The Morgan fingerprint density at radius 2 is 2.25 bits per heavy atom. The van der Waals surface area contributed by atoms with Crippen LogP contribution >= 0.6 is 11.3 Å². The van der Waals surface area contributed by atoms with Gasteiger partial charge in [-0.2, -0.15) is 0 Å². The van der Waals surface area contributed by atoms with Crippen LogP contribution in [0.1, 0.15) is 35.4 Å². The van der Waals surface area contributed by atoms with Crippen molar-refractivity contribution in [3.05, 3.63) is 21.9 Å². The maximum Gasteiger partial charge on any atom is 0.104 e. The van der Waals surface area contributed by atoms with Crippen molar-refractivity contribution in [2.75, 3.05) is 20.2 Å². The first-order valence-corrected chi connectivity index (χ1v) is 8.43. The van der Waals surface area contributed by atoms with E-state index in [1.165, 1.54) is 37.1 Å². The first-order chi connectivity index (χ1) is 9.74. The van der Waals surface area contributed by atoms with Gasteiger partial charge in [0.1, 0.15) is 6.61 Å². The van der Waals surface area contributed by atoms with Gasteiger partial charge in [0, 0.05) is 18.0 Å². The lowest BCUT2D eigenvalue weighted by Crippen LogP contribution is -2.28. The summed E-state index contributed by atoms with van der Waals surface area (Å²) in [5.41, 5.74) is 0. The fourth-order valence-electron chi connectivity index (χ4n) is 3.99. The summed E-state index contributed by atoms with van der Waals surface area (Å²) in [6, 6.07) is 4.23. The highest BCUT2D eigenvalue weighted by molar-refractivity contribution is 7.12. The molecule has 1 heterocycles. The van der Waals surface area contributed by atoms with Gasteiger partial charge in [0.15, 0.2) is 0 Å². The summed E-state index contributed by atoms with van der Waals surface area (Å²) in [5, 5.41) is 8.71. The third kappa shape index (κ3) is 3.25. The summed E-state index contributed by atoms with van der Waals surface area (Å²) in [6.07, 6.45) is 5.93. The van der Waals surface area contributed by atoms with E-state index in [1.807, 2.05) is 0 Å². The van der Waals surface area contributed by atoms with Crippen molar-refractivity contribution in [2.24, 2.45) is 17.8 Å². The van der Waals surface area contributed by atoms with Gasteiger partial charge in [0.25, 0.3) is 0 Å². The molecule has 3 heteroatoms. The molecule has 2 aliphatic carbocycles. The smallest absolute Gasteiger partial charge is 0.104 e. The highest BCUT2D eigenvalue weighted by Crippen LogP contribution is 2.48. The normalized spacial score (nSPS) is 27.9. The largest absolute Gasteiger partial charge is 0.384 e. The molecule has 2 saturated carbocycles. The second-order valence-corrected chi connectivity index (χ2v) is 7.53. The zero-order chi connectivity index (χ0) is 13.9. The Kier molecular flexibility index (Phi) is 4.45. The fourth-order valence-corrected chi connectivity index (χ4v) is 4.95. The molecule has 0 aliphatic heterocycles. The standard InChI is InChI=1S/C17H23NOS/c1-18(11-15-10-13-4-5-14(15)9-13)12-17-7-6-16(20-17)3-2-8-19/h6-7,13-15,19H,4-5,8-12H2,1H3. The number of hydrogen-bond donors (Lipinski definition) is 1. The average molecular weight is 289 g/mol. The van der Waals surface area contributed by atoms with Crippen molar-refractivity contribution >= 4 is 11.3 Å². The van der Waals surface area contributed by atoms with E-state index in [1.54, 1.807) is 11.3 Å². The van der Waals surface area contributed by atoms with Gasteiger partial charge in [-0.1, -0.05) is 18.3 Å². The molecule has 0 spiro atoms. The topological polar surface area (TPSA) is 23.5 Å². The van der Waals surface area contributed by atoms with Crippen LogP contribution in [-0.2, 0) is 6.54 Å². The molecule has 108 valence electrons. The van der Waals surface area contributed by atoms with Crippen molar-refractivity contribution in [2.45, 2.75) is 32.2 Å². The molecule has 1 N–H and O–H groups in total. The van der Waals surface area contributed by atoms with Crippen LogP contribution in [0.2, 0.25) is 0 Å². The van der Waals surface area contributed by atoms with Gasteiger partial charge in [-0.3, -0.25) is 0 Å². The lowest BCUT2D eigenvalue weighted by molar-refractivity contribution is 0.216. The van der Waals surface area contributed by atoms with Crippen LogP contribution in [0.15, 0.2) is 12.1 Å². The third-order valence-electron chi connectivity index (χ3n) is 4.81. The summed E-state index contributed by atoms with van der Waals surface area (Å²) < 4.78 is 0. The van der Waals surface area contributed by atoms with Crippen LogP contribution in [0, 0.1) is 29.6 Å². The van der Waals surface area contributed by atoms with Gasteiger partial charge in [0.05, 0.1) is 4.88 Å². The second-order valence-electron chi connectivity index (χ2n) is 6.36. The molecule has 3 unspecified atom stereocenters. The summed E-state index contributed by atoms with van der Waals surface area (Å²) >= 11 is 1.75. The summed E-state index contributed by atoms with van der Waals surface area (Å²) in [6.45, 7) is 2.22. The van der Waals surface area contributed by atoms with E-state index in [2.05, 4.69) is 35.9 Å². The maximum absolute atomic E-state index is 8.71. The van der Waals surface area contributed by atoms with Crippen LogP contribution in [-0.4, -0.2) is 30.2 Å². The Morgan fingerprint density at radius 1 is 1.35 bits per heavy atom. The minimum atomic E-state index is -0.0582. The van der Waals surface area contributed by atoms with E-state index in [-0.39, 0.29) is 6.61 Å².